The van der Waals surface area contributed by atoms with Crippen LogP contribution in [-0.2, 0) is 6.54 Å². The molecule has 2 aromatic rings. The van der Waals surface area contributed by atoms with Crippen molar-refractivity contribution < 1.29 is 14.3 Å². The molecule has 3 nitrogen and oxygen atoms in total. The van der Waals surface area contributed by atoms with Crippen LogP contribution >= 0.6 is 11.6 Å². The molecule has 0 saturated carbocycles. The first-order valence-electron chi connectivity index (χ1n) is 5.42. The maximum absolute atomic E-state index is 13.8. The lowest BCUT2D eigenvalue weighted by molar-refractivity contribution is 0.0685. The maximum Gasteiger partial charge on any atom is 0.352 e. The third-order valence-electron chi connectivity index (χ3n) is 2.72. The smallest absolute Gasteiger partial charge is 0.352 e. The van der Waals surface area contributed by atoms with E-state index in [-0.39, 0.29) is 5.69 Å². The summed E-state index contributed by atoms with van der Waals surface area (Å²) in [6, 6.07) is 7.26. The van der Waals surface area contributed by atoms with Crippen LogP contribution in [0.3, 0.4) is 0 Å². The van der Waals surface area contributed by atoms with Gasteiger partial charge in [0.2, 0.25) is 0 Å². The zero-order valence-corrected chi connectivity index (χ0v) is 10.4. The second-order valence-electron chi connectivity index (χ2n) is 3.78. The Balaban J connectivity index is 2.64. The van der Waals surface area contributed by atoms with Gasteiger partial charge in [0.15, 0.2) is 0 Å². The van der Waals surface area contributed by atoms with Crippen molar-refractivity contribution in [1.82, 2.24) is 4.57 Å². The number of aromatic nitrogens is 1. The van der Waals surface area contributed by atoms with Crippen LogP contribution in [0.25, 0.3) is 11.3 Å². The molecule has 0 fully saturated rings. The van der Waals surface area contributed by atoms with Gasteiger partial charge in [0.05, 0.1) is 5.69 Å². The minimum Gasteiger partial charge on any atom is -0.477 e. The average Bonchev–Trinajstić information content (AvgIpc) is 2.75. The second kappa shape index (κ2) is 4.82. The molecule has 0 unspecified atom stereocenters. The molecule has 18 heavy (non-hydrogen) atoms. The molecule has 0 aliphatic rings. The summed E-state index contributed by atoms with van der Waals surface area (Å²) < 4.78 is 15.3. The summed E-state index contributed by atoms with van der Waals surface area (Å²) in [5.41, 5.74) is 0.943. The molecule has 0 aliphatic heterocycles. The number of hydrogen-bond donors (Lipinski definition) is 1. The molecule has 0 amide bonds. The van der Waals surface area contributed by atoms with Crippen LogP contribution < -0.4 is 0 Å². The van der Waals surface area contributed by atoms with Crippen LogP contribution in [-0.4, -0.2) is 15.6 Å². The molecular formula is C13H11ClFNO2. The first-order chi connectivity index (χ1) is 8.54. The lowest BCUT2D eigenvalue weighted by Gasteiger charge is -2.10. The van der Waals surface area contributed by atoms with Gasteiger partial charge in [0, 0.05) is 17.1 Å². The summed E-state index contributed by atoms with van der Waals surface area (Å²) in [5.74, 6) is -1.46. The molecule has 0 bridgehead atoms. The summed E-state index contributed by atoms with van der Waals surface area (Å²) in [6.45, 7) is 2.24. The lowest BCUT2D eigenvalue weighted by atomic mass is 10.1. The van der Waals surface area contributed by atoms with Crippen LogP contribution in [0, 0.1) is 5.82 Å². The first-order valence-corrected chi connectivity index (χ1v) is 5.80. The number of carboxylic acids is 1. The quantitative estimate of drug-likeness (QED) is 0.922. The Morgan fingerprint density at radius 3 is 2.72 bits per heavy atom. The number of carboxylic acid groups (broad SMARTS) is 1. The van der Waals surface area contributed by atoms with Gasteiger partial charge in [-0.2, -0.15) is 0 Å². The van der Waals surface area contributed by atoms with Gasteiger partial charge in [-0.05, 0) is 37.3 Å². The zero-order valence-electron chi connectivity index (χ0n) is 9.65. The fourth-order valence-electron chi connectivity index (χ4n) is 1.92. The highest BCUT2D eigenvalue weighted by atomic mass is 35.5. The number of hydrogen-bond acceptors (Lipinski definition) is 1. The highest BCUT2D eigenvalue weighted by molar-refractivity contribution is 6.30. The Kier molecular flexibility index (Phi) is 3.39. The van der Waals surface area contributed by atoms with E-state index in [0.29, 0.717) is 22.8 Å². The SMILES string of the molecule is CCn1c(C(=O)O)ccc1-c1cc(Cl)ccc1F. The lowest BCUT2D eigenvalue weighted by Crippen LogP contribution is -2.08. The molecule has 2 rings (SSSR count). The predicted molar refractivity (Wildman–Crippen MR) is 67.5 cm³/mol. The van der Waals surface area contributed by atoms with Crippen LogP contribution in [0.4, 0.5) is 4.39 Å². The van der Waals surface area contributed by atoms with Gasteiger partial charge in [0.25, 0.3) is 0 Å². The molecular weight excluding hydrogens is 257 g/mol. The fourth-order valence-corrected chi connectivity index (χ4v) is 2.10. The van der Waals surface area contributed by atoms with Gasteiger partial charge in [-0.3, -0.25) is 0 Å². The molecule has 94 valence electrons. The Bertz CT molecular complexity index is 607. The third-order valence-corrected chi connectivity index (χ3v) is 2.96. The Morgan fingerprint density at radius 1 is 1.39 bits per heavy atom. The van der Waals surface area contributed by atoms with Crippen molar-refractivity contribution in [3.05, 3.63) is 46.9 Å². The van der Waals surface area contributed by atoms with Gasteiger partial charge in [0.1, 0.15) is 11.5 Å². The topological polar surface area (TPSA) is 42.2 Å². The van der Waals surface area contributed by atoms with E-state index in [1.807, 2.05) is 0 Å². The predicted octanol–water partition coefficient (Wildman–Crippen LogP) is 3.67. The standard InChI is InChI=1S/C13H11ClFNO2/c1-2-16-11(5-6-12(16)13(17)18)9-7-8(14)3-4-10(9)15/h3-7H,2H2,1H3,(H,17,18). The molecule has 0 aliphatic carbocycles. The molecule has 1 aromatic carbocycles. The summed E-state index contributed by atoms with van der Waals surface area (Å²) in [5, 5.41) is 9.45. The minimum absolute atomic E-state index is 0.131. The highest BCUT2D eigenvalue weighted by Crippen LogP contribution is 2.28. The minimum atomic E-state index is -1.04. The van der Waals surface area contributed by atoms with E-state index in [2.05, 4.69) is 0 Å². The number of halogens is 2. The van der Waals surface area contributed by atoms with E-state index in [0.717, 1.165) is 0 Å². The molecule has 1 heterocycles. The van der Waals surface area contributed by atoms with Crippen LogP contribution in [0.2, 0.25) is 5.02 Å². The van der Waals surface area contributed by atoms with Crippen molar-refractivity contribution in [2.75, 3.05) is 0 Å². The Hall–Kier alpha value is -1.81. The molecule has 1 aromatic heterocycles. The molecule has 0 radical (unpaired) electrons. The number of benzene rings is 1. The van der Waals surface area contributed by atoms with Gasteiger partial charge < -0.3 is 9.67 Å². The van der Waals surface area contributed by atoms with Crippen molar-refractivity contribution in [2.45, 2.75) is 13.5 Å². The van der Waals surface area contributed by atoms with Crippen molar-refractivity contribution in [1.29, 1.82) is 0 Å². The molecule has 0 spiro atoms. The van der Waals surface area contributed by atoms with Gasteiger partial charge in [-0.15, -0.1) is 0 Å². The van der Waals surface area contributed by atoms with E-state index >= 15 is 0 Å². The summed E-state index contributed by atoms with van der Waals surface area (Å²) in [6.07, 6.45) is 0. The van der Waals surface area contributed by atoms with Crippen LogP contribution in [0.5, 0.6) is 0 Å². The van der Waals surface area contributed by atoms with Crippen LogP contribution in [0.15, 0.2) is 30.3 Å². The van der Waals surface area contributed by atoms with E-state index in [1.54, 1.807) is 13.0 Å². The number of aromatic carboxylic acids is 1. The van der Waals surface area contributed by atoms with E-state index in [4.69, 9.17) is 16.7 Å². The largest absolute Gasteiger partial charge is 0.477 e. The average molecular weight is 268 g/mol. The summed E-state index contributed by atoms with van der Waals surface area (Å²) in [7, 11) is 0. The fraction of sp³-hybridized carbons (Fsp3) is 0.154. The Morgan fingerprint density at radius 2 is 2.11 bits per heavy atom. The van der Waals surface area contributed by atoms with Crippen molar-refractivity contribution in [2.24, 2.45) is 0 Å². The Labute approximate surface area is 108 Å². The second-order valence-corrected chi connectivity index (χ2v) is 4.21. The van der Waals surface area contributed by atoms with E-state index < -0.39 is 11.8 Å². The normalized spacial score (nSPS) is 10.6. The molecule has 5 heteroatoms. The zero-order chi connectivity index (χ0) is 13.3. The molecule has 1 N–H and O–H groups in total. The van der Waals surface area contributed by atoms with E-state index in [9.17, 15) is 9.18 Å². The maximum atomic E-state index is 13.8. The monoisotopic (exact) mass is 267 g/mol. The third kappa shape index (κ3) is 2.11. The van der Waals surface area contributed by atoms with Gasteiger partial charge in [-0.25, -0.2) is 9.18 Å². The molecule has 0 saturated heterocycles. The van der Waals surface area contributed by atoms with Crippen molar-refractivity contribution >= 4 is 17.6 Å². The number of nitrogens with zero attached hydrogens (tertiary/aromatic N) is 1. The van der Waals surface area contributed by atoms with Gasteiger partial charge in [-0.1, -0.05) is 11.6 Å². The number of rotatable bonds is 3. The first kappa shape index (κ1) is 12.6. The van der Waals surface area contributed by atoms with Crippen LogP contribution in [0.1, 0.15) is 17.4 Å². The van der Waals surface area contributed by atoms with Gasteiger partial charge >= 0.3 is 5.97 Å². The van der Waals surface area contributed by atoms with Crippen molar-refractivity contribution in [3.8, 4) is 11.3 Å². The summed E-state index contributed by atoms with van der Waals surface area (Å²) >= 11 is 5.84. The van der Waals surface area contributed by atoms with E-state index in [1.165, 1.54) is 28.8 Å². The number of carbonyl (C=O) groups is 1. The highest BCUT2D eigenvalue weighted by Gasteiger charge is 2.16. The van der Waals surface area contributed by atoms with Crippen molar-refractivity contribution in [3.63, 3.8) is 0 Å². The molecule has 0 atom stereocenters. The summed E-state index contributed by atoms with van der Waals surface area (Å²) in [4.78, 5) is 11.0.